The fraction of sp³-hybridized carbons (Fsp3) is 0.556. The molecule has 0 atom stereocenters. The van der Waals surface area contributed by atoms with Crippen LogP contribution in [0.15, 0.2) is 12.5 Å². The van der Waals surface area contributed by atoms with Crippen LogP contribution < -0.4 is 5.32 Å². The molecule has 0 spiro atoms. The predicted molar refractivity (Wildman–Crippen MR) is 57.4 cm³/mol. The molecule has 0 fully saturated rings. The minimum Gasteiger partial charge on any atom is -0.321 e. The van der Waals surface area contributed by atoms with Crippen LogP contribution in [0, 0.1) is 0 Å². The average Bonchev–Trinajstić information content (AvgIpc) is 2.84. The van der Waals surface area contributed by atoms with Gasteiger partial charge >= 0.3 is 0 Å². The van der Waals surface area contributed by atoms with E-state index in [1.807, 2.05) is 18.7 Å². The summed E-state index contributed by atoms with van der Waals surface area (Å²) in [4.78, 5) is 0. The second-order valence-electron chi connectivity index (χ2n) is 3.63. The molecule has 0 saturated carbocycles. The van der Waals surface area contributed by atoms with Crippen molar-refractivity contribution in [2.24, 2.45) is 14.1 Å². The van der Waals surface area contributed by atoms with Crippen molar-refractivity contribution >= 4 is 0 Å². The lowest BCUT2D eigenvalue weighted by Gasteiger charge is -2.03. The molecule has 0 unspecified atom stereocenters. The first kappa shape index (κ1) is 10.7. The molecule has 0 amide bonds. The van der Waals surface area contributed by atoms with Gasteiger partial charge in [0.25, 0.3) is 0 Å². The maximum atomic E-state index is 4.01. The molecule has 1 N–H and O–H groups in total. The molecule has 0 aliphatic heterocycles. The summed E-state index contributed by atoms with van der Waals surface area (Å²) in [7, 11) is 3.83. The Hall–Kier alpha value is -1.76. The molecular weight excluding hydrogens is 206 g/mol. The zero-order valence-electron chi connectivity index (χ0n) is 9.46. The highest BCUT2D eigenvalue weighted by Gasteiger charge is 2.01. The van der Waals surface area contributed by atoms with Crippen LogP contribution in [0.3, 0.4) is 0 Å². The molecule has 0 aromatic carbocycles. The third-order valence-corrected chi connectivity index (χ3v) is 2.44. The number of aromatic nitrogens is 6. The second-order valence-corrected chi connectivity index (χ2v) is 3.63. The van der Waals surface area contributed by atoms with Gasteiger partial charge in [0, 0.05) is 33.6 Å². The molecule has 2 aromatic rings. The summed E-state index contributed by atoms with van der Waals surface area (Å²) in [5.74, 6) is 0.982. The molecule has 2 aromatic heterocycles. The summed E-state index contributed by atoms with van der Waals surface area (Å²) in [6.45, 7) is 1.62. The largest absolute Gasteiger partial charge is 0.321 e. The molecule has 7 heteroatoms. The fourth-order valence-electron chi connectivity index (χ4n) is 1.42. The van der Waals surface area contributed by atoms with Gasteiger partial charge in [-0.05, 0) is 0 Å². The van der Waals surface area contributed by atoms with E-state index in [1.165, 1.54) is 0 Å². The molecular formula is C9H15N7. The summed E-state index contributed by atoms with van der Waals surface area (Å²) >= 11 is 0. The molecule has 16 heavy (non-hydrogen) atoms. The van der Waals surface area contributed by atoms with Gasteiger partial charge in [-0.25, -0.2) is 0 Å². The van der Waals surface area contributed by atoms with Gasteiger partial charge in [-0.3, -0.25) is 4.68 Å². The van der Waals surface area contributed by atoms with Crippen molar-refractivity contribution in [3.05, 3.63) is 24.0 Å². The van der Waals surface area contributed by atoms with Gasteiger partial charge < -0.3 is 9.88 Å². The normalized spacial score (nSPS) is 10.9. The molecule has 0 aliphatic rings. The van der Waals surface area contributed by atoms with Crippen LogP contribution in [-0.4, -0.2) is 36.3 Å². The number of aryl methyl sites for hydroxylation is 2. The van der Waals surface area contributed by atoms with Gasteiger partial charge in [-0.1, -0.05) is 5.21 Å². The summed E-state index contributed by atoms with van der Waals surface area (Å²) in [5, 5.41) is 18.8. The zero-order valence-corrected chi connectivity index (χ0v) is 9.46. The summed E-state index contributed by atoms with van der Waals surface area (Å²) in [5.41, 5.74) is 1.07. The number of hydrogen-bond acceptors (Lipinski definition) is 5. The summed E-state index contributed by atoms with van der Waals surface area (Å²) in [6, 6.07) is 0. The van der Waals surface area contributed by atoms with Gasteiger partial charge in [0.15, 0.2) is 0 Å². The third-order valence-electron chi connectivity index (χ3n) is 2.44. The van der Waals surface area contributed by atoms with E-state index in [-0.39, 0.29) is 0 Å². The van der Waals surface area contributed by atoms with E-state index in [2.05, 4.69) is 25.8 Å². The van der Waals surface area contributed by atoms with Crippen molar-refractivity contribution in [3.8, 4) is 0 Å². The Kier molecular flexibility index (Phi) is 3.25. The van der Waals surface area contributed by atoms with Crippen LogP contribution in [0.25, 0.3) is 0 Å². The lowest BCUT2D eigenvalue weighted by Crippen LogP contribution is -2.19. The first-order chi connectivity index (χ1) is 7.77. The van der Waals surface area contributed by atoms with Gasteiger partial charge in [-0.15, -0.1) is 15.3 Å². The molecule has 86 valence electrons. The highest BCUT2D eigenvalue weighted by atomic mass is 15.4. The highest BCUT2D eigenvalue weighted by molar-refractivity contribution is 4.92. The average molecular weight is 221 g/mol. The Balaban J connectivity index is 1.74. The van der Waals surface area contributed by atoms with Crippen LogP contribution in [0.1, 0.15) is 11.5 Å². The number of hydrogen-bond donors (Lipinski definition) is 1. The molecule has 7 nitrogen and oxygen atoms in total. The Bertz CT molecular complexity index is 402. The van der Waals surface area contributed by atoms with Crippen LogP contribution in [0.5, 0.6) is 0 Å². The van der Waals surface area contributed by atoms with E-state index in [4.69, 9.17) is 0 Å². The Morgan fingerprint density at radius 1 is 1.31 bits per heavy atom. The highest BCUT2D eigenvalue weighted by Crippen LogP contribution is 1.94. The molecule has 2 heterocycles. The summed E-state index contributed by atoms with van der Waals surface area (Å²) < 4.78 is 3.68. The van der Waals surface area contributed by atoms with Crippen LogP contribution in [0.2, 0.25) is 0 Å². The van der Waals surface area contributed by atoms with E-state index >= 15 is 0 Å². The lowest BCUT2D eigenvalue weighted by atomic mass is 10.4. The van der Waals surface area contributed by atoms with E-state index in [0.717, 1.165) is 31.0 Å². The number of nitrogens with one attached hydrogen (secondary N) is 1. The zero-order chi connectivity index (χ0) is 11.4. The quantitative estimate of drug-likeness (QED) is 0.674. The van der Waals surface area contributed by atoms with Crippen molar-refractivity contribution in [1.29, 1.82) is 0 Å². The van der Waals surface area contributed by atoms with E-state index in [0.29, 0.717) is 0 Å². The smallest absolute Gasteiger partial charge is 0.133 e. The van der Waals surface area contributed by atoms with E-state index in [9.17, 15) is 0 Å². The maximum Gasteiger partial charge on any atom is 0.133 e. The van der Waals surface area contributed by atoms with Crippen LogP contribution in [-0.2, 0) is 27.1 Å². The standard InChI is InChI=1S/C9H15N7/c1-15-7-12-13-9(15)3-4-10-5-8-6-11-14-16(8)2/h6-7,10H,3-5H2,1-2H3. The first-order valence-corrected chi connectivity index (χ1v) is 5.14. The van der Waals surface area contributed by atoms with Crippen molar-refractivity contribution in [1.82, 2.24) is 35.1 Å². The van der Waals surface area contributed by atoms with Gasteiger partial charge in [0.1, 0.15) is 12.2 Å². The van der Waals surface area contributed by atoms with Crippen molar-refractivity contribution < 1.29 is 0 Å². The topological polar surface area (TPSA) is 73.5 Å². The SMILES string of the molecule is Cn1cnnc1CCNCc1cnnn1C. The molecule has 0 saturated heterocycles. The van der Waals surface area contributed by atoms with E-state index in [1.54, 1.807) is 17.2 Å². The van der Waals surface area contributed by atoms with E-state index < -0.39 is 0 Å². The maximum absolute atomic E-state index is 4.01. The molecule has 2 rings (SSSR count). The van der Waals surface area contributed by atoms with Crippen LogP contribution in [0.4, 0.5) is 0 Å². The molecule has 0 bridgehead atoms. The Morgan fingerprint density at radius 3 is 2.81 bits per heavy atom. The summed E-state index contributed by atoms with van der Waals surface area (Å²) in [6.07, 6.45) is 4.33. The van der Waals surface area contributed by atoms with Gasteiger partial charge in [0.05, 0.1) is 11.9 Å². The minimum absolute atomic E-state index is 0.765. The number of nitrogens with zero attached hydrogens (tertiary/aromatic N) is 6. The van der Waals surface area contributed by atoms with Gasteiger partial charge in [0.2, 0.25) is 0 Å². The van der Waals surface area contributed by atoms with Crippen molar-refractivity contribution in [2.45, 2.75) is 13.0 Å². The van der Waals surface area contributed by atoms with Crippen LogP contribution >= 0.6 is 0 Å². The van der Waals surface area contributed by atoms with Gasteiger partial charge in [-0.2, -0.15) is 0 Å². The fourth-order valence-corrected chi connectivity index (χ4v) is 1.42. The predicted octanol–water partition coefficient (Wildman–Crippen LogP) is -0.724. The second kappa shape index (κ2) is 4.84. The third kappa shape index (κ3) is 2.43. The van der Waals surface area contributed by atoms with Crippen molar-refractivity contribution in [2.75, 3.05) is 6.54 Å². The first-order valence-electron chi connectivity index (χ1n) is 5.14. The number of rotatable bonds is 5. The minimum atomic E-state index is 0.765. The Morgan fingerprint density at radius 2 is 2.19 bits per heavy atom. The lowest BCUT2D eigenvalue weighted by molar-refractivity contribution is 0.605. The monoisotopic (exact) mass is 221 g/mol. The van der Waals surface area contributed by atoms with Crippen molar-refractivity contribution in [3.63, 3.8) is 0 Å². The molecule has 0 aliphatic carbocycles. The molecule has 0 radical (unpaired) electrons. The Labute approximate surface area is 93.5 Å².